The third kappa shape index (κ3) is 3.95. The zero-order valence-electron chi connectivity index (χ0n) is 12.4. The average Bonchev–Trinajstić information content (AvgIpc) is 3.25. The molecule has 2 aromatic heterocycles. The van der Waals surface area contributed by atoms with Crippen LogP contribution >= 0.6 is 11.3 Å². The largest absolute Gasteiger partial charge is 0.497 e. The lowest BCUT2D eigenvalue weighted by atomic mass is 10.3. The molecule has 1 aromatic carbocycles. The van der Waals surface area contributed by atoms with Crippen molar-refractivity contribution in [1.29, 1.82) is 0 Å². The fourth-order valence-corrected chi connectivity index (χ4v) is 2.53. The highest BCUT2D eigenvalue weighted by Gasteiger charge is 2.12. The molecule has 118 valence electrons. The molecule has 23 heavy (non-hydrogen) atoms. The molecule has 0 fully saturated rings. The van der Waals surface area contributed by atoms with Crippen LogP contribution in [-0.4, -0.2) is 23.2 Å². The molecule has 0 aliphatic rings. The van der Waals surface area contributed by atoms with Crippen molar-refractivity contribution in [3.8, 4) is 22.9 Å². The molecule has 0 saturated carbocycles. The van der Waals surface area contributed by atoms with Gasteiger partial charge in [0.1, 0.15) is 11.5 Å². The van der Waals surface area contributed by atoms with Gasteiger partial charge >= 0.3 is 5.97 Å². The number of carbonyl (C=O) groups excluding carboxylic acids is 1. The van der Waals surface area contributed by atoms with E-state index in [1.54, 1.807) is 42.7 Å². The SMILES string of the molecule is COc1ccc(OC(=O)CCc2nc(-c3ccsc3)no2)cc1. The van der Waals surface area contributed by atoms with E-state index in [0.717, 1.165) is 5.56 Å². The van der Waals surface area contributed by atoms with Crippen LogP contribution in [0.25, 0.3) is 11.4 Å². The minimum absolute atomic E-state index is 0.164. The number of hydrogen-bond donors (Lipinski definition) is 0. The summed E-state index contributed by atoms with van der Waals surface area (Å²) >= 11 is 1.56. The van der Waals surface area contributed by atoms with Gasteiger partial charge in [0.05, 0.1) is 13.5 Å². The maximum atomic E-state index is 11.8. The second-order valence-electron chi connectivity index (χ2n) is 4.67. The number of aryl methyl sites for hydroxylation is 1. The first-order chi connectivity index (χ1) is 11.2. The molecule has 0 saturated heterocycles. The molecular formula is C16H14N2O4S. The second-order valence-corrected chi connectivity index (χ2v) is 5.45. The van der Waals surface area contributed by atoms with Gasteiger partial charge in [-0.25, -0.2) is 0 Å². The Morgan fingerprint density at radius 2 is 2.00 bits per heavy atom. The zero-order chi connectivity index (χ0) is 16.1. The topological polar surface area (TPSA) is 74.5 Å². The zero-order valence-corrected chi connectivity index (χ0v) is 13.2. The van der Waals surface area contributed by atoms with Gasteiger partial charge in [-0.3, -0.25) is 4.79 Å². The van der Waals surface area contributed by atoms with Gasteiger partial charge in [0.2, 0.25) is 11.7 Å². The van der Waals surface area contributed by atoms with E-state index in [2.05, 4.69) is 10.1 Å². The van der Waals surface area contributed by atoms with Gasteiger partial charge in [-0.05, 0) is 35.7 Å². The van der Waals surface area contributed by atoms with Crippen LogP contribution in [0.5, 0.6) is 11.5 Å². The molecule has 0 spiro atoms. The summed E-state index contributed by atoms with van der Waals surface area (Å²) in [5.41, 5.74) is 0.908. The van der Waals surface area contributed by atoms with Gasteiger partial charge in [-0.1, -0.05) is 5.16 Å². The lowest BCUT2D eigenvalue weighted by molar-refractivity contribution is -0.134. The van der Waals surface area contributed by atoms with E-state index in [1.807, 2.05) is 16.8 Å². The van der Waals surface area contributed by atoms with Crippen LogP contribution in [0.1, 0.15) is 12.3 Å². The van der Waals surface area contributed by atoms with Crippen LogP contribution in [0.4, 0.5) is 0 Å². The molecule has 2 heterocycles. The van der Waals surface area contributed by atoms with Crippen molar-refractivity contribution in [2.24, 2.45) is 0 Å². The van der Waals surface area contributed by atoms with Crippen LogP contribution in [0.3, 0.4) is 0 Å². The predicted octanol–water partition coefficient (Wildman–Crippen LogP) is 3.34. The summed E-state index contributed by atoms with van der Waals surface area (Å²) in [4.78, 5) is 16.1. The Balaban J connectivity index is 1.52. The maximum Gasteiger partial charge on any atom is 0.311 e. The molecule has 0 amide bonds. The van der Waals surface area contributed by atoms with E-state index in [-0.39, 0.29) is 12.4 Å². The van der Waals surface area contributed by atoms with Gasteiger partial charge in [-0.15, -0.1) is 0 Å². The number of rotatable bonds is 6. The number of hydrogen-bond acceptors (Lipinski definition) is 7. The predicted molar refractivity (Wildman–Crippen MR) is 84.6 cm³/mol. The Morgan fingerprint density at radius 3 is 2.70 bits per heavy atom. The average molecular weight is 330 g/mol. The number of thiophene rings is 1. The highest BCUT2D eigenvalue weighted by molar-refractivity contribution is 7.08. The van der Waals surface area contributed by atoms with Crippen molar-refractivity contribution in [1.82, 2.24) is 10.1 Å². The normalized spacial score (nSPS) is 10.5. The van der Waals surface area contributed by atoms with Crippen molar-refractivity contribution in [2.75, 3.05) is 7.11 Å². The Kier molecular flexibility index (Phi) is 4.68. The van der Waals surface area contributed by atoms with Crippen molar-refractivity contribution in [3.63, 3.8) is 0 Å². The summed E-state index contributed by atoms with van der Waals surface area (Å²) < 4.78 is 15.4. The molecule has 0 aliphatic carbocycles. The van der Waals surface area contributed by atoms with Crippen LogP contribution < -0.4 is 9.47 Å². The number of aromatic nitrogens is 2. The van der Waals surface area contributed by atoms with E-state index in [1.165, 1.54) is 0 Å². The first-order valence-corrected chi connectivity index (χ1v) is 7.89. The lowest BCUT2D eigenvalue weighted by Gasteiger charge is -2.04. The maximum absolute atomic E-state index is 11.8. The van der Waals surface area contributed by atoms with Crippen molar-refractivity contribution in [3.05, 3.63) is 47.0 Å². The molecule has 0 radical (unpaired) electrons. The summed E-state index contributed by atoms with van der Waals surface area (Å²) in [6.45, 7) is 0. The van der Waals surface area contributed by atoms with E-state index >= 15 is 0 Å². The summed E-state index contributed by atoms with van der Waals surface area (Å²) in [6.07, 6.45) is 0.503. The molecule has 0 unspecified atom stereocenters. The number of esters is 1. The summed E-state index contributed by atoms with van der Waals surface area (Å²) in [7, 11) is 1.58. The molecule has 3 aromatic rings. The van der Waals surface area contributed by atoms with E-state index in [9.17, 15) is 4.79 Å². The van der Waals surface area contributed by atoms with Crippen LogP contribution in [0.15, 0.2) is 45.6 Å². The monoisotopic (exact) mass is 330 g/mol. The summed E-state index contributed by atoms with van der Waals surface area (Å²) in [5, 5.41) is 7.77. The van der Waals surface area contributed by atoms with Crippen LogP contribution in [0.2, 0.25) is 0 Å². The third-order valence-corrected chi connectivity index (χ3v) is 3.76. The Hall–Kier alpha value is -2.67. The number of nitrogens with zero attached hydrogens (tertiary/aromatic N) is 2. The highest BCUT2D eigenvalue weighted by Crippen LogP contribution is 2.20. The number of benzene rings is 1. The summed E-state index contributed by atoms with van der Waals surface area (Å²) in [5.74, 6) is 1.77. The minimum atomic E-state index is -0.356. The van der Waals surface area contributed by atoms with E-state index in [0.29, 0.717) is 29.6 Å². The lowest BCUT2D eigenvalue weighted by Crippen LogP contribution is -2.09. The highest BCUT2D eigenvalue weighted by atomic mass is 32.1. The Bertz CT molecular complexity index is 766. The van der Waals surface area contributed by atoms with E-state index < -0.39 is 0 Å². The number of ether oxygens (including phenoxy) is 2. The van der Waals surface area contributed by atoms with Crippen molar-refractivity contribution >= 4 is 17.3 Å². The molecule has 6 nitrogen and oxygen atoms in total. The quantitative estimate of drug-likeness (QED) is 0.510. The van der Waals surface area contributed by atoms with Gasteiger partial charge < -0.3 is 14.0 Å². The van der Waals surface area contributed by atoms with E-state index in [4.69, 9.17) is 14.0 Å². The molecular weight excluding hydrogens is 316 g/mol. The van der Waals surface area contributed by atoms with Gasteiger partial charge in [0.15, 0.2) is 0 Å². The van der Waals surface area contributed by atoms with Crippen LogP contribution in [0, 0.1) is 0 Å². The first kappa shape index (κ1) is 15.2. The molecule has 0 bridgehead atoms. The molecule has 0 aliphatic heterocycles. The molecule has 7 heteroatoms. The van der Waals surface area contributed by atoms with Gasteiger partial charge in [-0.2, -0.15) is 16.3 Å². The number of carbonyl (C=O) groups is 1. The van der Waals surface area contributed by atoms with Gasteiger partial charge in [0.25, 0.3) is 0 Å². The van der Waals surface area contributed by atoms with Crippen molar-refractivity contribution in [2.45, 2.75) is 12.8 Å². The Morgan fingerprint density at radius 1 is 1.22 bits per heavy atom. The van der Waals surface area contributed by atoms with Crippen molar-refractivity contribution < 1.29 is 18.8 Å². The fraction of sp³-hybridized carbons (Fsp3) is 0.188. The van der Waals surface area contributed by atoms with Gasteiger partial charge in [0, 0.05) is 17.4 Å². The third-order valence-electron chi connectivity index (χ3n) is 3.08. The second kappa shape index (κ2) is 7.06. The molecule has 0 atom stereocenters. The van der Waals surface area contributed by atoms with Crippen LogP contribution in [-0.2, 0) is 11.2 Å². The smallest absolute Gasteiger partial charge is 0.311 e. The number of methoxy groups -OCH3 is 1. The summed E-state index contributed by atoms with van der Waals surface area (Å²) in [6, 6.07) is 8.73. The fourth-order valence-electron chi connectivity index (χ4n) is 1.90. The first-order valence-electron chi connectivity index (χ1n) is 6.94. The standard InChI is InChI=1S/C16H14N2O4S/c1-20-12-2-4-13(5-3-12)21-15(19)7-6-14-17-16(18-22-14)11-8-9-23-10-11/h2-5,8-10H,6-7H2,1H3. The minimum Gasteiger partial charge on any atom is -0.497 e. The Labute approximate surface area is 136 Å². The molecule has 3 rings (SSSR count). The molecule has 0 N–H and O–H groups in total.